The number of rotatable bonds is 7. The largest absolute Gasteiger partial charge is 0.447 e. The van der Waals surface area contributed by atoms with Crippen LogP contribution >= 0.6 is 39.5 Å². The van der Waals surface area contributed by atoms with E-state index in [1.165, 1.54) is 4.90 Å². The first-order valence-corrected chi connectivity index (χ1v) is 11.8. The van der Waals surface area contributed by atoms with E-state index in [0.717, 1.165) is 33.9 Å². The van der Waals surface area contributed by atoms with E-state index in [9.17, 15) is 14.7 Å². The summed E-state index contributed by atoms with van der Waals surface area (Å²) < 4.78 is 6.17. The van der Waals surface area contributed by atoms with Gasteiger partial charge in [0.05, 0.1) is 18.1 Å². The number of aliphatic hydroxyl groups excluding tert-OH is 1. The molecule has 2 aliphatic heterocycles. The maximum atomic E-state index is 13.1. The van der Waals surface area contributed by atoms with Crippen LogP contribution in [0.3, 0.4) is 0 Å². The minimum absolute atomic E-state index is 0.113. The number of hydrogen-bond donors (Lipinski definition) is 1. The molecule has 0 bridgehead atoms. The van der Waals surface area contributed by atoms with Crippen molar-refractivity contribution in [3.05, 3.63) is 10.3 Å². The average molecular weight is 452 g/mol. The van der Waals surface area contributed by atoms with E-state index in [1.54, 1.807) is 23.5 Å². The monoisotopic (exact) mass is 451 g/mol. The maximum Gasteiger partial charge on any atom is 0.417 e. The number of amides is 2. The lowest BCUT2D eigenvalue weighted by Gasteiger charge is -2.28. The first-order chi connectivity index (χ1) is 12.0. The van der Waals surface area contributed by atoms with E-state index in [-0.39, 0.29) is 24.5 Å². The summed E-state index contributed by atoms with van der Waals surface area (Å²) in [7, 11) is 0. The summed E-state index contributed by atoms with van der Waals surface area (Å²) >= 11 is 6.80. The number of imide groups is 1. The predicted molar refractivity (Wildman–Crippen MR) is 107 cm³/mol. The minimum Gasteiger partial charge on any atom is -0.447 e. The highest BCUT2D eigenvalue weighted by molar-refractivity contribution is 9.09. The van der Waals surface area contributed by atoms with E-state index < -0.39 is 18.1 Å². The van der Waals surface area contributed by atoms with E-state index in [0.29, 0.717) is 6.42 Å². The van der Waals surface area contributed by atoms with Crippen LogP contribution in [0.4, 0.5) is 4.79 Å². The Labute approximate surface area is 166 Å². The number of nitrogens with zero attached hydrogens (tertiary/aromatic N) is 1. The zero-order valence-corrected chi connectivity index (χ0v) is 17.9. The number of alkyl halides is 1. The standard InChI is InChI=1S/C17H26BrNO4S2/c1-11(2)13-10-23-17(22)19(13)16(21)12(14(20)5-3-6-18)9-15-24-7-4-8-25-15/h9,11-14,20H,3-8,10H2,1-2H3/t12-,13-,14+/m1/s1. The minimum atomic E-state index is -0.804. The second-order valence-electron chi connectivity index (χ2n) is 6.56. The zero-order valence-electron chi connectivity index (χ0n) is 14.7. The van der Waals surface area contributed by atoms with Gasteiger partial charge in [-0.25, -0.2) is 9.69 Å². The van der Waals surface area contributed by atoms with Gasteiger partial charge in [0.1, 0.15) is 6.61 Å². The molecular formula is C17H26BrNO4S2. The molecule has 0 aliphatic carbocycles. The Kier molecular flexibility index (Phi) is 8.64. The molecule has 2 rings (SSSR count). The number of carbonyl (C=O) groups is 2. The van der Waals surface area contributed by atoms with Crippen molar-refractivity contribution in [2.45, 2.75) is 45.3 Å². The molecule has 0 aromatic heterocycles. The lowest BCUT2D eigenvalue weighted by atomic mass is 9.95. The molecular weight excluding hydrogens is 426 g/mol. The number of aliphatic hydroxyl groups is 1. The predicted octanol–water partition coefficient (Wildman–Crippen LogP) is 3.85. The fourth-order valence-corrected chi connectivity index (χ4v) is 5.65. The van der Waals surface area contributed by atoms with Crippen LogP contribution in [0.5, 0.6) is 0 Å². The van der Waals surface area contributed by atoms with Gasteiger partial charge in [-0.2, -0.15) is 0 Å². The fraction of sp³-hybridized carbons (Fsp3) is 0.765. The van der Waals surface area contributed by atoms with Crippen LogP contribution in [0.2, 0.25) is 0 Å². The number of halogens is 1. The van der Waals surface area contributed by atoms with Gasteiger partial charge in [0.2, 0.25) is 5.91 Å². The van der Waals surface area contributed by atoms with Crippen molar-refractivity contribution in [2.75, 3.05) is 23.4 Å². The Morgan fingerprint density at radius 2 is 2.12 bits per heavy atom. The third-order valence-electron chi connectivity index (χ3n) is 4.34. The third-order valence-corrected chi connectivity index (χ3v) is 7.43. The van der Waals surface area contributed by atoms with Crippen LogP contribution in [-0.2, 0) is 9.53 Å². The van der Waals surface area contributed by atoms with Crippen molar-refractivity contribution in [1.29, 1.82) is 0 Å². The van der Waals surface area contributed by atoms with Crippen LogP contribution < -0.4 is 0 Å². The second kappa shape index (κ2) is 10.2. The molecule has 3 atom stereocenters. The molecule has 2 saturated heterocycles. The summed E-state index contributed by atoms with van der Waals surface area (Å²) in [5.41, 5.74) is 0. The summed E-state index contributed by atoms with van der Waals surface area (Å²) in [6.45, 7) is 4.16. The van der Waals surface area contributed by atoms with Crippen LogP contribution in [0, 0.1) is 11.8 Å². The van der Waals surface area contributed by atoms with Crippen LogP contribution in [0.1, 0.15) is 33.1 Å². The van der Waals surface area contributed by atoms with Gasteiger partial charge >= 0.3 is 6.09 Å². The van der Waals surface area contributed by atoms with Gasteiger partial charge in [0.25, 0.3) is 0 Å². The molecule has 25 heavy (non-hydrogen) atoms. The van der Waals surface area contributed by atoms with Crippen LogP contribution in [0.15, 0.2) is 10.3 Å². The van der Waals surface area contributed by atoms with Gasteiger partial charge in [-0.05, 0) is 42.8 Å². The number of hydrogen-bond acceptors (Lipinski definition) is 6. The fourth-order valence-electron chi connectivity index (χ4n) is 2.84. The third kappa shape index (κ3) is 5.65. The van der Waals surface area contributed by atoms with Gasteiger partial charge in [-0.1, -0.05) is 29.8 Å². The molecule has 8 heteroatoms. The van der Waals surface area contributed by atoms with Crippen LogP contribution in [0.25, 0.3) is 0 Å². The van der Waals surface area contributed by atoms with Crippen molar-refractivity contribution in [1.82, 2.24) is 4.90 Å². The lowest BCUT2D eigenvalue weighted by Crippen LogP contribution is -2.47. The highest BCUT2D eigenvalue weighted by atomic mass is 79.9. The summed E-state index contributed by atoms with van der Waals surface area (Å²) in [5, 5.41) is 11.4. The molecule has 0 spiro atoms. The molecule has 0 unspecified atom stereocenters. The molecule has 2 amide bonds. The van der Waals surface area contributed by atoms with Crippen molar-refractivity contribution in [3.8, 4) is 0 Å². The summed E-state index contributed by atoms with van der Waals surface area (Å²) in [4.78, 5) is 26.5. The van der Waals surface area contributed by atoms with Gasteiger partial charge in [0, 0.05) is 9.57 Å². The molecule has 2 aliphatic rings. The molecule has 2 heterocycles. The SMILES string of the molecule is CC(C)[C@H]1COC(=O)N1C(=O)[C@H](C=C1SCCCS1)[C@@H](O)CCCBr. The van der Waals surface area contributed by atoms with Gasteiger partial charge in [0.15, 0.2) is 0 Å². The van der Waals surface area contributed by atoms with Crippen molar-refractivity contribution < 1.29 is 19.4 Å². The molecule has 5 nitrogen and oxygen atoms in total. The first-order valence-electron chi connectivity index (χ1n) is 8.67. The summed E-state index contributed by atoms with van der Waals surface area (Å²) in [5.74, 6) is 1.11. The Hall–Kier alpha value is -0.180. The number of ether oxygens (including phenoxy) is 1. The highest BCUT2D eigenvalue weighted by Crippen LogP contribution is 2.37. The maximum absolute atomic E-state index is 13.1. The average Bonchev–Trinajstić information content (AvgIpc) is 2.99. The summed E-state index contributed by atoms with van der Waals surface area (Å²) in [6.07, 6.45) is 2.89. The second-order valence-corrected chi connectivity index (χ2v) is 9.88. The number of carbonyl (C=O) groups excluding carboxylic acids is 2. The summed E-state index contributed by atoms with van der Waals surface area (Å²) in [6, 6.07) is -0.268. The van der Waals surface area contributed by atoms with E-state index in [4.69, 9.17) is 4.74 Å². The van der Waals surface area contributed by atoms with Crippen LogP contribution in [-0.4, -0.2) is 57.6 Å². The smallest absolute Gasteiger partial charge is 0.417 e. The van der Waals surface area contributed by atoms with E-state index in [2.05, 4.69) is 15.9 Å². The molecule has 142 valence electrons. The Balaban J connectivity index is 2.23. The molecule has 1 N–H and O–H groups in total. The van der Waals surface area contributed by atoms with E-state index in [1.807, 2.05) is 19.9 Å². The molecule has 0 radical (unpaired) electrons. The van der Waals surface area contributed by atoms with Crippen molar-refractivity contribution in [3.63, 3.8) is 0 Å². The molecule has 0 aromatic carbocycles. The topological polar surface area (TPSA) is 66.8 Å². The van der Waals surface area contributed by atoms with E-state index >= 15 is 0 Å². The Bertz CT molecular complexity index is 507. The highest BCUT2D eigenvalue weighted by Gasteiger charge is 2.43. The first kappa shape index (κ1) is 21.1. The number of thioether (sulfide) groups is 2. The van der Waals surface area contributed by atoms with Gasteiger partial charge in [-0.3, -0.25) is 4.79 Å². The quantitative estimate of drug-likeness (QED) is 0.592. The number of cyclic esters (lactones) is 1. The lowest BCUT2D eigenvalue weighted by molar-refractivity contribution is -0.135. The Morgan fingerprint density at radius 3 is 2.72 bits per heavy atom. The van der Waals surface area contributed by atoms with Gasteiger partial charge in [-0.15, -0.1) is 23.5 Å². The van der Waals surface area contributed by atoms with Gasteiger partial charge < -0.3 is 9.84 Å². The molecule has 0 aromatic rings. The zero-order chi connectivity index (χ0) is 18.4. The van der Waals surface area contributed by atoms with Crippen molar-refractivity contribution in [2.24, 2.45) is 11.8 Å². The molecule has 0 saturated carbocycles. The van der Waals surface area contributed by atoms with Crippen molar-refractivity contribution >= 4 is 51.5 Å². The molecule has 2 fully saturated rings. The Morgan fingerprint density at radius 1 is 1.44 bits per heavy atom. The normalized spacial score (nSPS) is 23.6.